The summed E-state index contributed by atoms with van der Waals surface area (Å²) >= 11 is 1.53. The maximum atomic E-state index is 13.2. The van der Waals surface area contributed by atoms with E-state index in [-0.39, 0.29) is 35.8 Å². The van der Waals surface area contributed by atoms with E-state index in [1.54, 1.807) is 19.1 Å². The molecule has 2 aromatic rings. The highest BCUT2D eigenvalue weighted by atomic mass is 32.2. The fourth-order valence-electron chi connectivity index (χ4n) is 4.35. The predicted octanol–water partition coefficient (Wildman–Crippen LogP) is 3.12. The van der Waals surface area contributed by atoms with Crippen molar-refractivity contribution >= 4 is 33.2 Å². The van der Waals surface area contributed by atoms with Crippen molar-refractivity contribution in [3.05, 3.63) is 51.7 Å². The minimum atomic E-state index is -3.75. The molecule has 2 aliphatic heterocycles. The number of rotatable bonds is 5. The quantitative estimate of drug-likeness (QED) is 0.681. The predicted molar refractivity (Wildman–Crippen MR) is 111 cm³/mol. The molecule has 8 heteroatoms. The smallest absolute Gasteiger partial charge is 0.243 e. The standard InChI is InChI=1S/C21H24N2O4S2/c1-4-17(18-6-5-9-28-18)23-20(24)15-11-22(12-16(15)21(23)25)29(26,27)19-10-13(2)7-8-14(19)3/h5-10,15-17H,4,11-12H2,1-3H3/t15-,16+,17?. The first-order valence-electron chi connectivity index (χ1n) is 9.73. The first kappa shape index (κ1) is 20.3. The molecule has 4 rings (SSSR count). The van der Waals surface area contributed by atoms with Gasteiger partial charge in [-0.3, -0.25) is 14.5 Å². The lowest BCUT2D eigenvalue weighted by Crippen LogP contribution is -2.39. The largest absolute Gasteiger partial charge is 0.274 e. The molecule has 0 aliphatic carbocycles. The van der Waals surface area contributed by atoms with Crippen LogP contribution >= 0.6 is 11.3 Å². The second-order valence-electron chi connectivity index (χ2n) is 7.79. The van der Waals surface area contributed by atoms with E-state index >= 15 is 0 Å². The molecular formula is C21H24N2O4S2. The zero-order valence-electron chi connectivity index (χ0n) is 16.7. The first-order chi connectivity index (χ1) is 13.8. The van der Waals surface area contributed by atoms with Gasteiger partial charge in [0.1, 0.15) is 0 Å². The molecule has 2 fully saturated rings. The summed E-state index contributed by atoms with van der Waals surface area (Å²) in [5, 5.41) is 1.93. The summed E-state index contributed by atoms with van der Waals surface area (Å²) < 4.78 is 27.7. The molecule has 0 spiro atoms. The lowest BCUT2D eigenvalue weighted by Gasteiger charge is -2.27. The van der Waals surface area contributed by atoms with Gasteiger partial charge in [-0.05, 0) is 48.9 Å². The van der Waals surface area contributed by atoms with Gasteiger partial charge < -0.3 is 0 Å². The lowest BCUT2D eigenvalue weighted by molar-refractivity contribution is -0.143. The van der Waals surface area contributed by atoms with Crippen LogP contribution in [-0.2, 0) is 19.6 Å². The topological polar surface area (TPSA) is 74.8 Å². The summed E-state index contributed by atoms with van der Waals surface area (Å²) in [6.45, 7) is 5.67. The van der Waals surface area contributed by atoms with Gasteiger partial charge in [0.2, 0.25) is 21.8 Å². The van der Waals surface area contributed by atoms with Crippen molar-refractivity contribution in [1.82, 2.24) is 9.21 Å². The Kier molecular flexibility index (Phi) is 5.13. The van der Waals surface area contributed by atoms with E-state index in [9.17, 15) is 18.0 Å². The lowest BCUT2D eigenvalue weighted by atomic mass is 10.00. The number of carbonyl (C=O) groups excluding carboxylic acids is 2. The van der Waals surface area contributed by atoms with Crippen molar-refractivity contribution in [2.45, 2.75) is 38.1 Å². The Balaban J connectivity index is 1.60. The number of hydrogen-bond acceptors (Lipinski definition) is 5. The number of imide groups is 1. The summed E-state index contributed by atoms with van der Waals surface area (Å²) in [5.41, 5.74) is 1.52. The molecule has 3 atom stereocenters. The minimum Gasteiger partial charge on any atom is -0.274 e. The summed E-state index contributed by atoms with van der Waals surface area (Å²) in [6, 6.07) is 8.87. The monoisotopic (exact) mass is 432 g/mol. The van der Waals surface area contributed by atoms with Gasteiger partial charge in [-0.1, -0.05) is 25.1 Å². The third-order valence-corrected chi connectivity index (χ3v) is 8.87. The first-order valence-corrected chi connectivity index (χ1v) is 12.1. The number of aryl methyl sites for hydroxylation is 2. The third kappa shape index (κ3) is 3.23. The van der Waals surface area contributed by atoms with Gasteiger partial charge in [0, 0.05) is 18.0 Å². The molecule has 2 saturated heterocycles. The molecule has 29 heavy (non-hydrogen) atoms. The normalized spacial score (nSPS) is 23.6. The van der Waals surface area contributed by atoms with Gasteiger partial charge in [0.05, 0.1) is 22.8 Å². The third-order valence-electron chi connectivity index (χ3n) is 5.93. The van der Waals surface area contributed by atoms with Crippen LogP contribution < -0.4 is 0 Å². The van der Waals surface area contributed by atoms with Crippen molar-refractivity contribution in [3.8, 4) is 0 Å². The molecule has 0 N–H and O–H groups in total. The van der Waals surface area contributed by atoms with Crippen LogP contribution in [0.25, 0.3) is 0 Å². The van der Waals surface area contributed by atoms with Crippen molar-refractivity contribution in [2.24, 2.45) is 11.8 Å². The number of benzene rings is 1. The fourth-order valence-corrected chi connectivity index (χ4v) is 7.06. The van der Waals surface area contributed by atoms with Crippen LogP contribution in [0.15, 0.2) is 40.6 Å². The highest BCUT2D eigenvalue weighted by molar-refractivity contribution is 7.89. The van der Waals surface area contributed by atoms with Gasteiger partial charge >= 0.3 is 0 Å². The average molecular weight is 433 g/mol. The van der Waals surface area contributed by atoms with Crippen molar-refractivity contribution in [3.63, 3.8) is 0 Å². The van der Waals surface area contributed by atoms with Crippen LogP contribution in [0.1, 0.15) is 35.4 Å². The average Bonchev–Trinajstić information content (AvgIpc) is 3.40. The number of sulfonamides is 1. The molecule has 1 unspecified atom stereocenters. The molecule has 154 valence electrons. The second kappa shape index (κ2) is 7.34. The Labute approximate surface area is 175 Å². The second-order valence-corrected chi connectivity index (χ2v) is 10.7. The van der Waals surface area contributed by atoms with Crippen molar-refractivity contribution in [2.75, 3.05) is 13.1 Å². The Morgan fingerprint density at radius 2 is 1.76 bits per heavy atom. The van der Waals surface area contributed by atoms with E-state index in [0.717, 1.165) is 10.4 Å². The maximum absolute atomic E-state index is 13.2. The Hall–Kier alpha value is -2.03. The molecule has 6 nitrogen and oxygen atoms in total. The summed E-state index contributed by atoms with van der Waals surface area (Å²) in [7, 11) is -3.75. The zero-order chi connectivity index (χ0) is 20.9. The highest BCUT2D eigenvalue weighted by Crippen LogP contribution is 2.41. The minimum absolute atomic E-state index is 0.0579. The number of nitrogens with zero attached hydrogens (tertiary/aromatic N) is 2. The van der Waals surface area contributed by atoms with Crippen LogP contribution in [0.5, 0.6) is 0 Å². The Bertz CT molecular complexity index is 1040. The number of thiophene rings is 1. The molecule has 1 aromatic heterocycles. The van der Waals surface area contributed by atoms with Gasteiger partial charge in [-0.15, -0.1) is 11.3 Å². The van der Waals surface area contributed by atoms with Crippen LogP contribution in [0.2, 0.25) is 0 Å². The molecular weight excluding hydrogens is 408 g/mol. The summed E-state index contributed by atoms with van der Waals surface area (Å²) in [4.78, 5) is 28.8. The SMILES string of the molecule is CCC(c1cccs1)N1C(=O)[C@H]2CN(S(=O)(=O)c3cc(C)ccc3C)C[C@H]2C1=O. The molecule has 0 bridgehead atoms. The van der Waals surface area contributed by atoms with Crippen LogP contribution in [0, 0.1) is 25.7 Å². The van der Waals surface area contributed by atoms with E-state index in [1.165, 1.54) is 20.5 Å². The van der Waals surface area contributed by atoms with E-state index < -0.39 is 21.9 Å². The molecule has 1 aromatic carbocycles. The van der Waals surface area contributed by atoms with Gasteiger partial charge in [0.25, 0.3) is 0 Å². The number of hydrogen-bond donors (Lipinski definition) is 0. The van der Waals surface area contributed by atoms with Crippen LogP contribution in [0.4, 0.5) is 0 Å². The molecule has 0 radical (unpaired) electrons. The molecule has 3 heterocycles. The van der Waals surface area contributed by atoms with Crippen molar-refractivity contribution < 1.29 is 18.0 Å². The molecule has 0 saturated carbocycles. The van der Waals surface area contributed by atoms with Crippen molar-refractivity contribution in [1.29, 1.82) is 0 Å². The highest BCUT2D eigenvalue weighted by Gasteiger charge is 2.56. The van der Waals surface area contributed by atoms with E-state index in [4.69, 9.17) is 0 Å². The van der Waals surface area contributed by atoms with Gasteiger partial charge in [-0.25, -0.2) is 8.42 Å². The summed E-state index contributed by atoms with van der Waals surface area (Å²) in [6.07, 6.45) is 0.641. The molecule has 2 amide bonds. The maximum Gasteiger partial charge on any atom is 0.243 e. The van der Waals surface area contributed by atoms with E-state index in [0.29, 0.717) is 12.0 Å². The van der Waals surface area contributed by atoms with Crippen LogP contribution in [0.3, 0.4) is 0 Å². The zero-order valence-corrected chi connectivity index (χ0v) is 18.3. The van der Waals surface area contributed by atoms with E-state index in [1.807, 2.05) is 37.4 Å². The number of likely N-dealkylation sites (tertiary alicyclic amines) is 1. The number of carbonyl (C=O) groups is 2. The van der Waals surface area contributed by atoms with Gasteiger partial charge in [-0.2, -0.15) is 4.31 Å². The number of fused-ring (bicyclic) bond motifs is 1. The fraction of sp³-hybridized carbons (Fsp3) is 0.429. The summed E-state index contributed by atoms with van der Waals surface area (Å²) in [5.74, 6) is -1.70. The van der Waals surface area contributed by atoms with E-state index in [2.05, 4.69) is 0 Å². The van der Waals surface area contributed by atoms with Crippen LogP contribution in [-0.4, -0.2) is 42.5 Å². The number of amides is 2. The Morgan fingerprint density at radius 3 is 2.31 bits per heavy atom. The molecule has 2 aliphatic rings. The Morgan fingerprint density at radius 1 is 1.10 bits per heavy atom. The van der Waals surface area contributed by atoms with Gasteiger partial charge in [0.15, 0.2) is 0 Å².